The molecule has 0 radical (unpaired) electrons. The van der Waals surface area contributed by atoms with Crippen molar-refractivity contribution in [3.8, 4) is 11.1 Å². The van der Waals surface area contributed by atoms with Crippen LogP contribution in [0.2, 0.25) is 0 Å². The number of ether oxygens (including phenoxy) is 1. The summed E-state index contributed by atoms with van der Waals surface area (Å²) in [7, 11) is 0. The predicted octanol–water partition coefficient (Wildman–Crippen LogP) is 3.71. The number of hydrogen-bond acceptors (Lipinski definition) is 12. The van der Waals surface area contributed by atoms with Crippen LogP contribution in [0.5, 0.6) is 0 Å². The van der Waals surface area contributed by atoms with Crippen molar-refractivity contribution in [2.24, 2.45) is 34.6 Å². The third-order valence-electron chi connectivity index (χ3n) is 13.9. The molecule has 2 aromatic carbocycles. The highest BCUT2D eigenvalue weighted by Gasteiger charge is 2.40. The zero-order valence-electron chi connectivity index (χ0n) is 44.9. The Morgan fingerprint density at radius 3 is 2.23 bits per heavy atom. The molecule has 420 valence electrons. The van der Waals surface area contributed by atoms with Crippen molar-refractivity contribution in [3.05, 3.63) is 83.7 Å². The van der Waals surface area contributed by atoms with E-state index < -0.39 is 119 Å². The Morgan fingerprint density at radius 1 is 0.935 bits per heavy atom. The van der Waals surface area contributed by atoms with Crippen molar-refractivity contribution in [3.63, 3.8) is 0 Å². The highest BCUT2D eigenvalue weighted by Crippen LogP contribution is 2.41. The minimum absolute atomic E-state index is 0.0197. The van der Waals surface area contributed by atoms with Gasteiger partial charge in [-0.15, -0.1) is 0 Å². The number of imide groups is 1. The number of esters is 1. The highest BCUT2D eigenvalue weighted by molar-refractivity contribution is 6.05. The minimum Gasteiger partial charge on any atom is -0.462 e. The normalized spacial score (nSPS) is 16.6. The molecule has 0 saturated carbocycles. The number of nitrogens with one attached hydrogen (secondary N) is 3. The van der Waals surface area contributed by atoms with E-state index in [0.29, 0.717) is 17.8 Å². The maximum Gasteiger partial charge on any atom is 0.312 e. The van der Waals surface area contributed by atoms with E-state index in [0.717, 1.165) is 28.7 Å². The molecule has 0 aliphatic carbocycles. The third kappa shape index (κ3) is 17.2. The Balaban J connectivity index is 1.18. The Morgan fingerprint density at radius 2 is 1.62 bits per heavy atom. The first kappa shape index (κ1) is 60.8. The number of Topliss-reactive ketones (excluding diaryl/α,β-unsaturated/α-hetero) is 1. The molecule has 2 aliphatic heterocycles. The van der Waals surface area contributed by atoms with Gasteiger partial charge in [-0.1, -0.05) is 71.9 Å². The van der Waals surface area contributed by atoms with Crippen LogP contribution in [0.15, 0.2) is 60.8 Å². The largest absolute Gasteiger partial charge is 0.462 e. The van der Waals surface area contributed by atoms with Crippen LogP contribution in [0.3, 0.4) is 0 Å². The number of aliphatic hydroxyl groups excluding tert-OH is 1. The SMILES string of the molecule is CC1CC(=O)N(CC(=O)N2CCC(OC(=O)[C@H](CCCNC(N)=O)CC(=O)[C@@H](NC(=O)CCNC(=O)[C@@H](N)CCN(C(=O)CO)[C@@H](c3cc(-c4cc(F)ccc4F)cn3Cc3ccccc3)C(C)(C)C)C(C)C)CC2)C1=O. The Kier molecular flexibility index (Phi) is 22.0. The summed E-state index contributed by atoms with van der Waals surface area (Å²) in [6, 6.07) is 10.5. The number of carbonyl (C=O) groups excluding carboxylic acids is 9. The van der Waals surface area contributed by atoms with Crippen molar-refractivity contribution in [1.29, 1.82) is 0 Å². The Bertz CT molecular complexity index is 2600. The molecule has 5 atom stereocenters. The number of primary amides is 1. The van der Waals surface area contributed by atoms with Crippen LogP contribution in [-0.4, -0.2) is 142 Å². The van der Waals surface area contributed by atoms with Gasteiger partial charge in [-0.3, -0.25) is 43.3 Å². The average Bonchev–Trinajstić information content (AvgIpc) is 3.89. The first-order chi connectivity index (χ1) is 36.4. The lowest BCUT2D eigenvalue weighted by molar-refractivity contribution is -0.159. The molecule has 1 unspecified atom stereocenters. The summed E-state index contributed by atoms with van der Waals surface area (Å²) < 4.78 is 37.3. The van der Waals surface area contributed by atoms with Crippen molar-refractivity contribution in [2.75, 3.05) is 45.9 Å². The van der Waals surface area contributed by atoms with Gasteiger partial charge in [0.2, 0.25) is 35.4 Å². The molecule has 2 fully saturated rings. The number of nitrogens with zero attached hydrogens (tertiary/aromatic N) is 4. The molecule has 2 aliphatic rings. The summed E-state index contributed by atoms with van der Waals surface area (Å²) >= 11 is 0. The van der Waals surface area contributed by atoms with E-state index in [1.54, 1.807) is 33.0 Å². The molecule has 0 bridgehead atoms. The first-order valence-corrected chi connectivity index (χ1v) is 26.2. The Hall–Kier alpha value is -7.07. The Labute approximate surface area is 447 Å². The van der Waals surface area contributed by atoms with E-state index >= 15 is 4.39 Å². The number of rotatable bonds is 26. The molecular weight excluding hydrogens is 1000 g/mol. The number of likely N-dealkylation sites (tertiary alicyclic amines) is 2. The van der Waals surface area contributed by atoms with E-state index in [-0.39, 0.29) is 96.2 Å². The molecule has 5 rings (SSSR count). The van der Waals surface area contributed by atoms with Crippen molar-refractivity contribution < 1.29 is 61.8 Å². The molecule has 20 nitrogen and oxygen atoms in total. The number of aromatic nitrogens is 1. The van der Waals surface area contributed by atoms with Crippen molar-refractivity contribution >= 4 is 53.2 Å². The van der Waals surface area contributed by atoms with Crippen molar-refractivity contribution in [2.45, 2.75) is 124 Å². The predicted molar refractivity (Wildman–Crippen MR) is 279 cm³/mol. The number of ketones is 1. The number of nitrogens with two attached hydrogens (primary N) is 2. The number of carbonyl (C=O) groups is 9. The molecule has 8 N–H and O–H groups in total. The molecule has 3 aromatic rings. The van der Waals surface area contributed by atoms with Gasteiger partial charge in [0, 0.05) is 100 Å². The third-order valence-corrected chi connectivity index (χ3v) is 13.9. The number of piperidine rings is 1. The lowest BCUT2D eigenvalue weighted by atomic mass is 9.82. The lowest BCUT2D eigenvalue weighted by Crippen LogP contribution is -2.48. The van der Waals surface area contributed by atoms with Crippen LogP contribution in [0, 0.1) is 34.8 Å². The number of halogens is 2. The fourth-order valence-corrected chi connectivity index (χ4v) is 9.77. The molecule has 8 amide bonds. The zero-order chi connectivity index (χ0) is 56.7. The highest BCUT2D eigenvalue weighted by atomic mass is 19.1. The maximum absolute atomic E-state index is 15.2. The van der Waals surface area contributed by atoms with Crippen LogP contribution in [0.4, 0.5) is 13.6 Å². The second-order valence-electron chi connectivity index (χ2n) is 21.4. The molecular formula is C55H75F2N9O11. The topological polar surface area (TPSA) is 286 Å². The summed E-state index contributed by atoms with van der Waals surface area (Å²) in [6.45, 7) is 10.1. The van der Waals surface area contributed by atoms with Gasteiger partial charge in [0.1, 0.15) is 30.9 Å². The number of hydrogen-bond donors (Lipinski definition) is 6. The summed E-state index contributed by atoms with van der Waals surface area (Å²) in [5.74, 6) is -7.32. The first-order valence-electron chi connectivity index (χ1n) is 26.2. The van der Waals surface area contributed by atoms with Crippen molar-refractivity contribution in [1.82, 2.24) is 35.2 Å². The number of aliphatic hydroxyl groups is 1. The van der Waals surface area contributed by atoms with Gasteiger partial charge < -0.3 is 51.6 Å². The van der Waals surface area contributed by atoms with Gasteiger partial charge in [-0.25, -0.2) is 13.6 Å². The minimum atomic E-state index is -1.18. The number of urea groups is 1. The molecule has 2 saturated heterocycles. The lowest BCUT2D eigenvalue weighted by Gasteiger charge is -2.41. The molecule has 22 heteroatoms. The van der Waals surface area contributed by atoms with E-state index in [1.165, 1.54) is 9.80 Å². The second-order valence-corrected chi connectivity index (χ2v) is 21.4. The monoisotopic (exact) mass is 1080 g/mol. The van der Waals surface area contributed by atoms with E-state index in [9.17, 15) is 52.6 Å². The second kappa shape index (κ2) is 27.8. The van der Waals surface area contributed by atoms with Gasteiger partial charge in [0.15, 0.2) is 5.78 Å². The molecule has 1 aromatic heterocycles. The maximum atomic E-state index is 15.2. The van der Waals surface area contributed by atoms with E-state index in [2.05, 4.69) is 16.0 Å². The van der Waals surface area contributed by atoms with Crippen LogP contribution in [0.25, 0.3) is 11.1 Å². The fraction of sp³-hybridized carbons (Fsp3) is 0.545. The van der Waals surface area contributed by atoms with Gasteiger partial charge in [-0.05, 0) is 60.4 Å². The quantitative estimate of drug-likeness (QED) is 0.0381. The fourth-order valence-electron chi connectivity index (χ4n) is 9.77. The zero-order valence-corrected chi connectivity index (χ0v) is 44.9. The number of benzene rings is 2. The molecule has 3 heterocycles. The van der Waals surface area contributed by atoms with Gasteiger partial charge in [-0.2, -0.15) is 0 Å². The standard InChI is InChI=1S/C55H75F2N9O11/c1-33(2)49(44(68)27-36(13-10-20-61-54(59)76)53(75)77-39-17-22-63(23-18-39)47(71)31-66-46(70)25-34(3)52(66)74)62-45(69)16-21-60-51(73)42(58)19-24-65(48(72)32-67)50(55(4,5)6)43-26-37(40-28-38(56)14-15-41(40)57)30-64(43)29-35-11-8-7-9-12-35/h7-9,11-12,14-15,26,28,30,33-34,36,39,42,49-50,67H,10,13,16-25,27,29,31-32,58H2,1-6H3,(H,60,73)(H,62,69)(H3,59,61,76)/t34?,36-,42+,49+,50+/m1/s1. The summed E-state index contributed by atoms with van der Waals surface area (Å²) in [4.78, 5) is 121. The van der Waals surface area contributed by atoms with Crippen LogP contribution >= 0.6 is 0 Å². The summed E-state index contributed by atoms with van der Waals surface area (Å²) in [5.41, 5.74) is 12.7. The van der Waals surface area contributed by atoms with Crippen LogP contribution in [0.1, 0.15) is 110 Å². The average molecular weight is 1080 g/mol. The van der Waals surface area contributed by atoms with E-state index in [1.807, 2.05) is 55.7 Å². The smallest absolute Gasteiger partial charge is 0.312 e. The van der Waals surface area contributed by atoms with Gasteiger partial charge in [0.05, 0.1) is 24.0 Å². The van der Waals surface area contributed by atoms with Crippen LogP contribution < -0.4 is 27.4 Å². The molecule has 0 spiro atoms. The molecule has 77 heavy (non-hydrogen) atoms. The van der Waals surface area contributed by atoms with E-state index in [4.69, 9.17) is 16.2 Å². The summed E-state index contributed by atoms with van der Waals surface area (Å²) in [5, 5.41) is 18.1. The number of amides is 8. The van der Waals surface area contributed by atoms with Gasteiger partial charge in [0.25, 0.3) is 0 Å². The van der Waals surface area contributed by atoms with Gasteiger partial charge >= 0.3 is 12.0 Å². The summed E-state index contributed by atoms with van der Waals surface area (Å²) in [6.07, 6.45) is 1.48. The van der Waals surface area contributed by atoms with Crippen LogP contribution in [-0.2, 0) is 49.6 Å².